The van der Waals surface area contributed by atoms with Crippen LogP contribution in [0.5, 0.6) is 0 Å². The number of carboxylic acid groups (broad SMARTS) is 1. The molecule has 6 heteroatoms. The summed E-state index contributed by atoms with van der Waals surface area (Å²) in [6.45, 7) is -1.30. The van der Waals surface area contributed by atoms with E-state index < -0.39 is 31.2 Å². The number of hydrogen-bond acceptors (Lipinski definition) is 5. The van der Waals surface area contributed by atoms with Gasteiger partial charge < -0.3 is 25.2 Å². The molecular weight excluding hydrogens is 192 g/mol. The molecule has 0 aliphatic carbocycles. The molecule has 0 atom stereocenters. The lowest BCUT2D eigenvalue weighted by molar-refractivity contribution is -0.138. The van der Waals surface area contributed by atoms with Crippen LogP contribution in [0, 0.1) is 5.41 Å². The molecular formula is C8H16O6. The minimum Gasteiger partial charge on any atom is -0.481 e. The number of hydrogen-bond donors (Lipinski definition) is 4. The molecule has 84 valence electrons. The van der Waals surface area contributed by atoms with E-state index >= 15 is 0 Å². The smallest absolute Gasteiger partial charge is 0.305 e. The number of carbonyl (C=O) groups is 1. The van der Waals surface area contributed by atoms with Crippen molar-refractivity contribution in [1.82, 2.24) is 0 Å². The van der Waals surface area contributed by atoms with Gasteiger partial charge in [0.2, 0.25) is 0 Å². The highest BCUT2D eigenvalue weighted by molar-refractivity contribution is 5.66. The average molecular weight is 208 g/mol. The first-order valence-corrected chi connectivity index (χ1v) is 4.22. The first-order valence-electron chi connectivity index (χ1n) is 4.22. The number of rotatable bonds is 8. The fraction of sp³-hybridized carbons (Fsp3) is 0.875. The second-order valence-electron chi connectivity index (χ2n) is 3.17. The SMILES string of the molecule is O=C(O)CCOCC(CO)(CO)CO. The van der Waals surface area contributed by atoms with E-state index in [-0.39, 0.29) is 19.6 Å². The Hall–Kier alpha value is -0.690. The first kappa shape index (κ1) is 13.3. The maximum Gasteiger partial charge on any atom is 0.305 e. The maximum absolute atomic E-state index is 10.1. The molecule has 14 heavy (non-hydrogen) atoms. The molecule has 0 saturated carbocycles. The normalized spacial score (nSPS) is 11.6. The van der Waals surface area contributed by atoms with Gasteiger partial charge in [-0.2, -0.15) is 0 Å². The Bertz CT molecular complexity index is 157. The Balaban J connectivity index is 3.77. The van der Waals surface area contributed by atoms with E-state index in [1.165, 1.54) is 0 Å². The summed E-state index contributed by atoms with van der Waals surface area (Å²) in [5.41, 5.74) is -1.08. The molecule has 0 aliphatic heterocycles. The van der Waals surface area contributed by atoms with Crippen molar-refractivity contribution in [3.8, 4) is 0 Å². The number of carboxylic acids is 1. The molecule has 0 unspecified atom stereocenters. The Morgan fingerprint density at radius 1 is 1.14 bits per heavy atom. The Morgan fingerprint density at radius 3 is 2.00 bits per heavy atom. The molecule has 0 saturated heterocycles. The van der Waals surface area contributed by atoms with Gasteiger partial charge in [0.1, 0.15) is 0 Å². The predicted molar refractivity (Wildman–Crippen MR) is 46.8 cm³/mol. The molecule has 0 aromatic carbocycles. The molecule has 0 aromatic rings. The highest BCUT2D eigenvalue weighted by Gasteiger charge is 2.28. The van der Waals surface area contributed by atoms with Crippen molar-refractivity contribution in [3.63, 3.8) is 0 Å². The van der Waals surface area contributed by atoms with Crippen molar-refractivity contribution in [2.24, 2.45) is 5.41 Å². The summed E-state index contributed by atoms with van der Waals surface area (Å²) in [4.78, 5) is 10.1. The van der Waals surface area contributed by atoms with Gasteiger partial charge in [0.05, 0.1) is 44.9 Å². The molecule has 0 aromatic heterocycles. The zero-order valence-electron chi connectivity index (χ0n) is 7.85. The topological polar surface area (TPSA) is 107 Å². The summed E-state index contributed by atoms with van der Waals surface area (Å²) in [7, 11) is 0. The fourth-order valence-corrected chi connectivity index (χ4v) is 0.735. The lowest BCUT2D eigenvalue weighted by atomic mass is 9.93. The monoisotopic (exact) mass is 208 g/mol. The minimum atomic E-state index is -1.08. The van der Waals surface area contributed by atoms with Crippen LogP contribution in [0.15, 0.2) is 0 Å². The highest BCUT2D eigenvalue weighted by atomic mass is 16.5. The standard InChI is InChI=1S/C8H16O6/c9-3-8(4-10,5-11)6-14-2-1-7(12)13/h9-11H,1-6H2,(H,12,13). The van der Waals surface area contributed by atoms with Gasteiger partial charge in [-0.25, -0.2) is 0 Å². The molecule has 4 N–H and O–H groups in total. The molecule has 0 aliphatic rings. The van der Waals surface area contributed by atoms with E-state index in [0.29, 0.717) is 0 Å². The third-order valence-corrected chi connectivity index (χ3v) is 1.87. The fourth-order valence-electron chi connectivity index (χ4n) is 0.735. The van der Waals surface area contributed by atoms with Gasteiger partial charge in [0.25, 0.3) is 0 Å². The van der Waals surface area contributed by atoms with E-state index in [4.69, 9.17) is 25.2 Å². The number of aliphatic carboxylic acids is 1. The van der Waals surface area contributed by atoms with Crippen LogP contribution in [0.4, 0.5) is 0 Å². The van der Waals surface area contributed by atoms with E-state index in [0.717, 1.165) is 0 Å². The van der Waals surface area contributed by atoms with Gasteiger partial charge in [0, 0.05) is 0 Å². The van der Waals surface area contributed by atoms with Gasteiger partial charge in [-0.3, -0.25) is 4.79 Å². The van der Waals surface area contributed by atoms with Crippen LogP contribution < -0.4 is 0 Å². The minimum absolute atomic E-state index is 0.00289. The number of aliphatic hydroxyl groups excluding tert-OH is 3. The first-order chi connectivity index (χ1) is 6.60. The van der Waals surface area contributed by atoms with Crippen molar-refractivity contribution < 1.29 is 30.0 Å². The largest absolute Gasteiger partial charge is 0.481 e. The zero-order valence-corrected chi connectivity index (χ0v) is 7.85. The predicted octanol–water partition coefficient (Wildman–Crippen LogP) is -1.56. The molecule has 0 spiro atoms. The van der Waals surface area contributed by atoms with Crippen molar-refractivity contribution in [1.29, 1.82) is 0 Å². The summed E-state index contributed by atoms with van der Waals surface area (Å²) in [5, 5.41) is 34.9. The molecule has 0 radical (unpaired) electrons. The second-order valence-corrected chi connectivity index (χ2v) is 3.17. The summed E-state index contributed by atoms with van der Waals surface area (Å²) in [6.07, 6.45) is -0.141. The van der Waals surface area contributed by atoms with Crippen LogP contribution in [0.3, 0.4) is 0 Å². The zero-order chi connectivity index (χ0) is 11.0. The Labute approximate surface area is 81.7 Å². The van der Waals surface area contributed by atoms with Gasteiger partial charge in [0.15, 0.2) is 0 Å². The van der Waals surface area contributed by atoms with Crippen LogP contribution >= 0.6 is 0 Å². The lowest BCUT2D eigenvalue weighted by Crippen LogP contribution is -2.38. The molecule has 0 heterocycles. The van der Waals surface area contributed by atoms with Gasteiger partial charge in [-0.05, 0) is 0 Å². The molecule has 6 nitrogen and oxygen atoms in total. The second kappa shape index (κ2) is 6.72. The third-order valence-electron chi connectivity index (χ3n) is 1.87. The summed E-state index contributed by atoms with van der Waals surface area (Å²) < 4.78 is 4.92. The van der Waals surface area contributed by atoms with Crippen LogP contribution in [0.1, 0.15) is 6.42 Å². The maximum atomic E-state index is 10.1. The van der Waals surface area contributed by atoms with Crippen molar-refractivity contribution >= 4 is 5.97 Å². The number of aliphatic hydroxyl groups is 3. The van der Waals surface area contributed by atoms with Crippen molar-refractivity contribution in [3.05, 3.63) is 0 Å². The average Bonchev–Trinajstić information content (AvgIpc) is 2.19. The van der Waals surface area contributed by atoms with Crippen molar-refractivity contribution in [2.45, 2.75) is 6.42 Å². The van der Waals surface area contributed by atoms with E-state index in [1.54, 1.807) is 0 Å². The number of ether oxygens (including phenoxy) is 1. The van der Waals surface area contributed by atoms with Crippen LogP contribution in [-0.4, -0.2) is 59.4 Å². The highest BCUT2D eigenvalue weighted by Crippen LogP contribution is 2.14. The van der Waals surface area contributed by atoms with Gasteiger partial charge in [-0.15, -0.1) is 0 Å². The molecule has 0 bridgehead atoms. The van der Waals surface area contributed by atoms with Crippen LogP contribution in [0.25, 0.3) is 0 Å². The molecule has 0 fully saturated rings. The van der Waals surface area contributed by atoms with Crippen molar-refractivity contribution in [2.75, 3.05) is 33.0 Å². The third kappa shape index (κ3) is 4.52. The molecule has 0 rings (SSSR count). The Morgan fingerprint density at radius 2 is 1.64 bits per heavy atom. The summed E-state index contributed by atoms with van der Waals surface area (Å²) >= 11 is 0. The quantitative estimate of drug-likeness (QED) is 0.359. The van der Waals surface area contributed by atoms with Gasteiger partial charge in [-0.1, -0.05) is 0 Å². The van der Waals surface area contributed by atoms with Gasteiger partial charge >= 0.3 is 5.97 Å². The lowest BCUT2D eigenvalue weighted by Gasteiger charge is -2.26. The summed E-state index contributed by atoms with van der Waals surface area (Å²) in [6, 6.07) is 0. The summed E-state index contributed by atoms with van der Waals surface area (Å²) in [5.74, 6) is -0.979. The van der Waals surface area contributed by atoms with E-state index in [9.17, 15) is 4.79 Å². The van der Waals surface area contributed by atoms with E-state index in [2.05, 4.69) is 0 Å². The molecule has 0 amide bonds. The Kier molecular flexibility index (Phi) is 6.39. The van der Waals surface area contributed by atoms with Crippen LogP contribution in [-0.2, 0) is 9.53 Å². The van der Waals surface area contributed by atoms with E-state index in [1.807, 2.05) is 0 Å². The van der Waals surface area contributed by atoms with Crippen LogP contribution in [0.2, 0.25) is 0 Å².